The topological polar surface area (TPSA) is 26.3 Å². The molecule has 0 aromatic carbocycles. The maximum absolute atomic E-state index is 10.6. The van der Waals surface area contributed by atoms with Crippen molar-refractivity contribution in [3.05, 3.63) is 0 Å². The Bertz CT molecular complexity index is 144. The molecule has 4 heteroatoms. The smallest absolute Gasteiger partial charge is 0.311 e. The van der Waals surface area contributed by atoms with Crippen molar-refractivity contribution in [2.75, 3.05) is 7.11 Å². The Balaban J connectivity index is 2.42. The molecule has 0 aliphatic heterocycles. The zero-order valence-electron chi connectivity index (χ0n) is 4.86. The molecule has 0 bridgehead atoms. The van der Waals surface area contributed by atoms with Crippen LogP contribution >= 0.6 is 23.2 Å². The monoisotopic (exact) mass is 168 g/mol. The summed E-state index contributed by atoms with van der Waals surface area (Å²) in [6, 6.07) is 0. The van der Waals surface area contributed by atoms with E-state index in [9.17, 15) is 4.79 Å². The standard InChI is InChI=1S/C5H6Cl2O2/c1-9-4(8)3-2-5(3,6)7/h3H,2H2,1H3/t3-/m0/s1. The van der Waals surface area contributed by atoms with E-state index < -0.39 is 4.33 Å². The Morgan fingerprint density at radius 2 is 2.22 bits per heavy atom. The van der Waals surface area contributed by atoms with Crippen LogP contribution in [0.5, 0.6) is 0 Å². The minimum Gasteiger partial charge on any atom is -0.469 e. The lowest BCUT2D eigenvalue weighted by Gasteiger charge is -1.95. The van der Waals surface area contributed by atoms with E-state index >= 15 is 0 Å². The van der Waals surface area contributed by atoms with Crippen LogP contribution in [-0.4, -0.2) is 17.4 Å². The molecule has 1 aliphatic rings. The van der Waals surface area contributed by atoms with Gasteiger partial charge in [-0.15, -0.1) is 23.2 Å². The molecule has 0 aromatic rings. The van der Waals surface area contributed by atoms with Gasteiger partial charge < -0.3 is 4.74 Å². The summed E-state index contributed by atoms with van der Waals surface area (Å²) >= 11 is 11.1. The van der Waals surface area contributed by atoms with Crippen molar-refractivity contribution in [1.29, 1.82) is 0 Å². The molecule has 1 fully saturated rings. The van der Waals surface area contributed by atoms with Crippen LogP contribution < -0.4 is 0 Å². The highest BCUT2D eigenvalue weighted by atomic mass is 35.5. The highest BCUT2D eigenvalue weighted by Crippen LogP contribution is 2.53. The number of methoxy groups -OCH3 is 1. The summed E-state index contributed by atoms with van der Waals surface area (Å²) in [7, 11) is 1.32. The van der Waals surface area contributed by atoms with Gasteiger partial charge in [0, 0.05) is 0 Å². The number of carbonyl (C=O) groups excluding carboxylic acids is 1. The summed E-state index contributed by atoms with van der Waals surface area (Å²) in [5, 5.41) is 0. The molecule has 2 nitrogen and oxygen atoms in total. The molecule has 0 aromatic heterocycles. The Labute approximate surface area is 63.1 Å². The SMILES string of the molecule is COC(=O)[C@@H]1CC1(Cl)Cl. The minimum absolute atomic E-state index is 0.300. The maximum atomic E-state index is 10.6. The molecular weight excluding hydrogens is 163 g/mol. The predicted octanol–water partition coefficient (Wildman–Crippen LogP) is 1.35. The van der Waals surface area contributed by atoms with E-state index in [2.05, 4.69) is 4.74 Å². The van der Waals surface area contributed by atoms with Gasteiger partial charge in [0.05, 0.1) is 13.0 Å². The first kappa shape index (κ1) is 7.16. The van der Waals surface area contributed by atoms with Gasteiger partial charge in [-0.05, 0) is 6.42 Å². The average molecular weight is 169 g/mol. The quantitative estimate of drug-likeness (QED) is 0.437. The van der Waals surface area contributed by atoms with Crippen LogP contribution in [0.3, 0.4) is 0 Å². The number of halogens is 2. The summed E-state index contributed by atoms with van der Waals surface area (Å²) in [5.74, 6) is -0.620. The Morgan fingerprint density at radius 1 is 1.78 bits per heavy atom. The van der Waals surface area contributed by atoms with Crippen molar-refractivity contribution in [2.24, 2.45) is 5.92 Å². The van der Waals surface area contributed by atoms with Gasteiger partial charge in [-0.1, -0.05) is 0 Å². The Morgan fingerprint density at radius 3 is 2.33 bits per heavy atom. The fraction of sp³-hybridized carbons (Fsp3) is 0.800. The second-order valence-electron chi connectivity index (χ2n) is 2.04. The van der Waals surface area contributed by atoms with E-state index in [1.165, 1.54) is 7.11 Å². The molecule has 0 radical (unpaired) electrons. The van der Waals surface area contributed by atoms with Crippen molar-refractivity contribution in [3.8, 4) is 0 Å². The number of esters is 1. The lowest BCUT2D eigenvalue weighted by atomic mass is 10.4. The third kappa shape index (κ3) is 1.30. The van der Waals surface area contributed by atoms with Gasteiger partial charge >= 0.3 is 5.97 Å². The van der Waals surface area contributed by atoms with Gasteiger partial charge in [0.25, 0.3) is 0 Å². The second kappa shape index (κ2) is 2.03. The van der Waals surface area contributed by atoms with Crippen LogP contribution in [-0.2, 0) is 9.53 Å². The van der Waals surface area contributed by atoms with E-state index in [-0.39, 0.29) is 11.9 Å². The highest BCUT2D eigenvalue weighted by molar-refractivity contribution is 6.52. The van der Waals surface area contributed by atoms with Gasteiger partial charge in [0.15, 0.2) is 0 Å². The molecule has 0 N–H and O–H groups in total. The zero-order valence-corrected chi connectivity index (χ0v) is 6.37. The van der Waals surface area contributed by atoms with Crippen LogP contribution in [0, 0.1) is 5.92 Å². The molecule has 52 valence electrons. The molecule has 0 spiro atoms. The van der Waals surface area contributed by atoms with Gasteiger partial charge in [-0.25, -0.2) is 0 Å². The third-order valence-corrected chi connectivity index (χ3v) is 2.15. The fourth-order valence-electron chi connectivity index (χ4n) is 0.611. The number of hydrogen-bond donors (Lipinski definition) is 0. The van der Waals surface area contributed by atoms with Gasteiger partial charge in [0.2, 0.25) is 0 Å². The van der Waals surface area contributed by atoms with Gasteiger partial charge in [-0.2, -0.15) is 0 Å². The first-order chi connectivity index (χ1) is 4.08. The van der Waals surface area contributed by atoms with Crippen molar-refractivity contribution < 1.29 is 9.53 Å². The van der Waals surface area contributed by atoms with E-state index in [1.807, 2.05) is 0 Å². The summed E-state index contributed by atoms with van der Waals surface area (Å²) in [6.45, 7) is 0. The number of carbonyl (C=O) groups is 1. The normalized spacial score (nSPS) is 29.4. The lowest BCUT2D eigenvalue weighted by molar-refractivity contribution is -0.142. The van der Waals surface area contributed by atoms with Crippen LogP contribution in [0.2, 0.25) is 0 Å². The number of hydrogen-bond acceptors (Lipinski definition) is 2. The summed E-state index contributed by atoms with van der Waals surface area (Å²) in [5.41, 5.74) is 0. The number of ether oxygens (including phenoxy) is 1. The van der Waals surface area contributed by atoms with Gasteiger partial charge in [0.1, 0.15) is 4.33 Å². The molecule has 9 heavy (non-hydrogen) atoms. The van der Waals surface area contributed by atoms with Crippen molar-refractivity contribution in [2.45, 2.75) is 10.8 Å². The maximum Gasteiger partial charge on any atom is 0.311 e. The molecule has 0 unspecified atom stereocenters. The molecule has 0 saturated heterocycles. The molecule has 1 saturated carbocycles. The third-order valence-electron chi connectivity index (χ3n) is 1.31. The second-order valence-corrected chi connectivity index (χ2v) is 3.58. The zero-order chi connectivity index (χ0) is 7.07. The van der Waals surface area contributed by atoms with Crippen LogP contribution in [0.15, 0.2) is 0 Å². The van der Waals surface area contributed by atoms with Gasteiger partial charge in [-0.3, -0.25) is 4.79 Å². The Kier molecular flexibility index (Phi) is 1.61. The number of alkyl halides is 2. The summed E-state index contributed by atoms with van der Waals surface area (Å²) in [4.78, 5) is 10.6. The average Bonchev–Trinajstić information content (AvgIpc) is 2.38. The molecule has 1 aliphatic carbocycles. The Hall–Kier alpha value is 0.0500. The first-order valence-corrected chi connectivity index (χ1v) is 3.29. The highest BCUT2D eigenvalue weighted by Gasteiger charge is 2.57. The van der Waals surface area contributed by atoms with Crippen molar-refractivity contribution in [1.82, 2.24) is 0 Å². The van der Waals surface area contributed by atoms with Crippen molar-refractivity contribution >= 4 is 29.2 Å². The molecule has 0 amide bonds. The molecule has 1 atom stereocenters. The van der Waals surface area contributed by atoms with E-state index in [1.54, 1.807) is 0 Å². The van der Waals surface area contributed by atoms with Crippen molar-refractivity contribution in [3.63, 3.8) is 0 Å². The summed E-state index contributed by atoms with van der Waals surface area (Å²) < 4.78 is 3.56. The summed E-state index contributed by atoms with van der Waals surface area (Å²) in [6.07, 6.45) is 0.517. The predicted molar refractivity (Wildman–Crippen MR) is 34.6 cm³/mol. The minimum atomic E-state index is -0.840. The van der Waals surface area contributed by atoms with E-state index in [0.29, 0.717) is 6.42 Å². The molecule has 1 rings (SSSR count). The first-order valence-electron chi connectivity index (χ1n) is 2.53. The lowest BCUT2D eigenvalue weighted by Crippen LogP contribution is -2.07. The largest absolute Gasteiger partial charge is 0.469 e. The number of rotatable bonds is 1. The van der Waals surface area contributed by atoms with E-state index in [0.717, 1.165) is 0 Å². The van der Waals surface area contributed by atoms with Crippen LogP contribution in [0.25, 0.3) is 0 Å². The molecular formula is C5H6Cl2O2. The molecule has 0 heterocycles. The van der Waals surface area contributed by atoms with E-state index in [4.69, 9.17) is 23.2 Å². The van der Waals surface area contributed by atoms with Crippen LogP contribution in [0.4, 0.5) is 0 Å². The fourth-order valence-corrected chi connectivity index (χ4v) is 1.10. The van der Waals surface area contributed by atoms with Crippen LogP contribution in [0.1, 0.15) is 6.42 Å².